The molecule has 1 saturated heterocycles. The van der Waals surface area contributed by atoms with Gasteiger partial charge < -0.3 is 21.0 Å². The van der Waals surface area contributed by atoms with E-state index in [2.05, 4.69) is 46.3 Å². The fraction of sp³-hybridized carbons (Fsp3) is 0.320. The number of hydroxylamine groups is 1. The summed E-state index contributed by atoms with van der Waals surface area (Å²) in [6, 6.07) is 15.2. The monoisotopic (exact) mass is 434 g/mol. The number of hydrogen-bond donors (Lipinski definition) is 4. The van der Waals surface area contributed by atoms with Crippen molar-refractivity contribution in [3.63, 3.8) is 0 Å². The van der Waals surface area contributed by atoms with Crippen molar-refractivity contribution < 1.29 is 14.7 Å². The van der Waals surface area contributed by atoms with Gasteiger partial charge in [0.1, 0.15) is 0 Å². The Morgan fingerprint density at radius 1 is 1.16 bits per heavy atom. The molecule has 0 saturated carbocycles. The molecule has 0 aliphatic carbocycles. The Labute approximate surface area is 189 Å². The second-order valence-electron chi connectivity index (χ2n) is 7.58. The summed E-state index contributed by atoms with van der Waals surface area (Å²) < 4.78 is 5.39. The Hall–Kier alpha value is -2.99. The minimum atomic E-state index is -0.342. The number of nitrogens with two attached hydrogens (primary N) is 1. The minimum Gasteiger partial charge on any atom is -0.379 e. The highest BCUT2D eigenvalue weighted by Gasteiger charge is 2.12. The molecule has 2 aromatic carbocycles. The van der Waals surface area contributed by atoms with Gasteiger partial charge in [-0.3, -0.25) is 9.69 Å². The maximum Gasteiger partial charge on any atom is 0.251 e. The fourth-order valence-electron chi connectivity index (χ4n) is 3.29. The number of carbonyl (C=O) groups is 1. The quantitative estimate of drug-likeness (QED) is 0.372. The molecule has 1 fully saturated rings. The van der Waals surface area contributed by atoms with E-state index in [1.807, 2.05) is 17.6 Å². The van der Waals surface area contributed by atoms with Crippen molar-refractivity contribution in [1.82, 2.24) is 15.7 Å². The second-order valence-corrected chi connectivity index (χ2v) is 7.58. The number of ether oxygens (including phenoxy) is 1. The van der Waals surface area contributed by atoms with Gasteiger partial charge in [-0.1, -0.05) is 36.1 Å². The topological polar surface area (TPSA) is 99.8 Å². The number of amides is 1. The smallest absolute Gasteiger partial charge is 0.251 e. The molecule has 1 heterocycles. The molecule has 1 amide bonds. The number of benzene rings is 2. The van der Waals surface area contributed by atoms with Crippen LogP contribution in [-0.2, 0) is 11.3 Å². The van der Waals surface area contributed by atoms with Crippen LogP contribution in [0.4, 0.5) is 0 Å². The van der Waals surface area contributed by atoms with E-state index >= 15 is 0 Å². The van der Waals surface area contributed by atoms with Crippen molar-refractivity contribution >= 4 is 12.0 Å². The SMILES string of the molecule is NC[C@@H](CNO)NC(=O)c1ccc(C#C/C=C/c2ccc(CN3CCOCC3)cc2)cc1. The Bertz CT molecular complexity index is 940. The maximum atomic E-state index is 12.2. The predicted octanol–water partition coefficient (Wildman–Crippen LogP) is 1.62. The number of morpholine rings is 1. The number of hydrogen-bond acceptors (Lipinski definition) is 6. The summed E-state index contributed by atoms with van der Waals surface area (Å²) in [7, 11) is 0. The van der Waals surface area contributed by atoms with Crippen LogP contribution in [0.2, 0.25) is 0 Å². The van der Waals surface area contributed by atoms with Crippen LogP contribution in [0.3, 0.4) is 0 Å². The van der Waals surface area contributed by atoms with Gasteiger partial charge in [-0.25, -0.2) is 5.48 Å². The van der Waals surface area contributed by atoms with Crippen molar-refractivity contribution in [1.29, 1.82) is 0 Å². The number of nitrogens with zero attached hydrogens (tertiary/aromatic N) is 1. The molecule has 32 heavy (non-hydrogen) atoms. The molecule has 0 radical (unpaired) electrons. The second kappa shape index (κ2) is 12.8. The first-order valence-corrected chi connectivity index (χ1v) is 10.7. The Balaban J connectivity index is 1.50. The van der Waals surface area contributed by atoms with E-state index in [4.69, 9.17) is 15.7 Å². The van der Waals surface area contributed by atoms with Crippen LogP contribution in [0.25, 0.3) is 6.08 Å². The average Bonchev–Trinajstić information content (AvgIpc) is 2.83. The number of nitrogens with one attached hydrogen (secondary N) is 2. The van der Waals surface area contributed by atoms with Crippen molar-refractivity contribution in [2.45, 2.75) is 12.6 Å². The van der Waals surface area contributed by atoms with Crippen molar-refractivity contribution in [2.24, 2.45) is 5.73 Å². The van der Waals surface area contributed by atoms with Gasteiger partial charge in [0.05, 0.1) is 19.3 Å². The first-order valence-electron chi connectivity index (χ1n) is 10.7. The lowest BCUT2D eigenvalue weighted by Gasteiger charge is -2.26. The van der Waals surface area contributed by atoms with Crippen LogP contribution in [-0.4, -0.2) is 61.4 Å². The van der Waals surface area contributed by atoms with E-state index in [9.17, 15) is 4.79 Å². The van der Waals surface area contributed by atoms with Gasteiger partial charge in [-0.2, -0.15) is 0 Å². The molecule has 7 heteroatoms. The van der Waals surface area contributed by atoms with Gasteiger partial charge in [-0.15, -0.1) is 0 Å². The predicted molar refractivity (Wildman–Crippen MR) is 125 cm³/mol. The van der Waals surface area contributed by atoms with Gasteiger partial charge >= 0.3 is 0 Å². The number of allylic oxidation sites excluding steroid dienone is 1. The molecule has 1 aliphatic rings. The van der Waals surface area contributed by atoms with Gasteiger partial charge in [0.25, 0.3) is 5.91 Å². The van der Waals surface area contributed by atoms with E-state index in [1.165, 1.54) is 5.56 Å². The molecule has 2 aromatic rings. The molecular formula is C25H30N4O3. The summed E-state index contributed by atoms with van der Waals surface area (Å²) in [5.74, 6) is 5.86. The van der Waals surface area contributed by atoms with Crippen LogP contribution in [0.15, 0.2) is 54.6 Å². The first-order chi connectivity index (χ1) is 15.7. The molecule has 1 aliphatic heterocycles. The van der Waals surface area contributed by atoms with E-state index in [0.717, 1.165) is 44.0 Å². The lowest BCUT2D eigenvalue weighted by atomic mass is 10.1. The van der Waals surface area contributed by atoms with Crippen molar-refractivity contribution in [3.8, 4) is 11.8 Å². The van der Waals surface area contributed by atoms with Crippen LogP contribution in [0.5, 0.6) is 0 Å². The highest BCUT2D eigenvalue weighted by Crippen LogP contribution is 2.10. The van der Waals surface area contributed by atoms with Crippen molar-refractivity contribution in [3.05, 3.63) is 76.9 Å². The molecule has 168 valence electrons. The molecule has 3 rings (SSSR count). The average molecular weight is 435 g/mol. The molecular weight excluding hydrogens is 404 g/mol. The summed E-state index contributed by atoms with van der Waals surface area (Å²) in [4.78, 5) is 14.6. The Morgan fingerprint density at radius 2 is 1.88 bits per heavy atom. The molecule has 0 bridgehead atoms. The standard InChI is InChI=1S/C25H30N4O3/c26-17-24(18-27-31)28-25(30)23-11-9-21(10-12-23)4-2-1-3-20-5-7-22(8-6-20)19-29-13-15-32-16-14-29/h1,3,5-12,24,27,31H,13-19,26H2,(H,28,30)/b3-1+/t24-/m0/s1. The zero-order valence-corrected chi connectivity index (χ0v) is 18.1. The molecule has 0 aromatic heterocycles. The fourth-order valence-corrected chi connectivity index (χ4v) is 3.29. The molecule has 1 atom stereocenters. The number of carbonyl (C=O) groups excluding carboxylic acids is 1. The van der Waals surface area contributed by atoms with E-state index in [0.29, 0.717) is 5.56 Å². The lowest BCUT2D eigenvalue weighted by Crippen LogP contribution is -2.46. The Kier molecular flexibility index (Phi) is 9.44. The number of rotatable bonds is 8. The van der Waals surface area contributed by atoms with Gasteiger partial charge in [0.15, 0.2) is 0 Å². The van der Waals surface area contributed by atoms with E-state index in [-0.39, 0.29) is 25.0 Å². The van der Waals surface area contributed by atoms with Crippen LogP contribution >= 0.6 is 0 Å². The normalized spacial score (nSPS) is 15.2. The summed E-state index contributed by atoms with van der Waals surface area (Å²) in [6.45, 7) is 4.96. The van der Waals surface area contributed by atoms with Crippen LogP contribution in [0, 0.1) is 11.8 Å². The maximum absolute atomic E-state index is 12.2. The highest BCUT2D eigenvalue weighted by molar-refractivity contribution is 5.94. The lowest BCUT2D eigenvalue weighted by molar-refractivity contribution is 0.0342. The first kappa shape index (κ1) is 23.7. The molecule has 5 N–H and O–H groups in total. The van der Waals surface area contributed by atoms with E-state index < -0.39 is 0 Å². The molecule has 0 unspecified atom stereocenters. The highest BCUT2D eigenvalue weighted by atomic mass is 16.5. The van der Waals surface area contributed by atoms with Crippen molar-refractivity contribution in [2.75, 3.05) is 39.4 Å². The largest absolute Gasteiger partial charge is 0.379 e. The molecule has 0 spiro atoms. The van der Waals surface area contributed by atoms with E-state index in [1.54, 1.807) is 24.3 Å². The third-order valence-corrected chi connectivity index (χ3v) is 5.17. The summed E-state index contributed by atoms with van der Waals surface area (Å²) in [5, 5.41) is 11.5. The summed E-state index contributed by atoms with van der Waals surface area (Å²) >= 11 is 0. The minimum absolute atomic E-state index is 0.189. The van der Waals surface area contributed by atoms with Gasteiger partial charge in [0, 0.05) is 43.9 Å². The van der Waals surface area contributed by atoms with Gasteiger partial charge in [0.2, 0.25) is 0 Å². The zero-order valence-electron chi connectivity index (χ0n) is 18.1. The third kappa shape index (κ3) is 7.61. The van der Waals surface area contributed by atoms with Crippen LogP contribution in [0.1, 0.15) is 27.0 Å². The van der Waals surface area contributed by atoms with Gasteiger partial charge in [-0.05, 0) is 47.5 Å². The summed E-state index contributed by atoms with van der Waals surface area (Å²) in [6.07, 6.45) is 3.81. The third-order valence-electron chi connectivity index (χ3n) is 5.17. The molecule has 7 nitrogen and oxygen atoms in total. The zero-order chi connectivity index (χ0) is 22.6. The van der Waals surface area contributed by atoms with Crippen LogP contribution < -0.4 is 16.5 Å². The summed E-state index contributed by atoms with van der Waals surface area (Å²) in [5.41, 5.74) is 11.3. The Morgan fingerprint density at radius 3 is 2.53 bits per heavy atom.